The molecule has 0 bridgehead atoms. The largest absolute Gasteiger partial charge is 0.453 e. The first kappa shape index (κ1) is 23.2. The van der Waals surface area contributed by atoms with Gasteiger partial charge >= 0.3 is 12.1 Å². The molecular weight excluding hydrogens is 427 g/mol. The van der Waals surface area contributed by atoms with Crippen molar-refractivity contribution in [2.45, 2.75) is 52.8 Å². The molecule has 3 aromatic rings. The van der Waals surface area contributed by atoms with Crippen molar-refractivity contribution < 1.29 is 27.5 Å². The fourth-order valence-corrected chi connectivity index (χ4v) is 3.19. The molecule has 11 heteroatoms. The Bertz CT molecular complexity index is 1170. The third-order valence-electron chi connectivity index (χ3n) is 4.84. The summed E-state index contributed by atoms with van der Waals surface area (Å²) in [5.74, 6) is -2.54. The lowest BCUT2D eigenvalue weighted by Gasteiger charge is -2.14. The van der Waals surface area contributed by atoms with Gasteiger partial charge in [-0.1, -0.05) is 12.1 Å². The fraction of sp³-hybridized carbons (Fsp3) is 0.381. The van der Waals surface area contributed by atoms with Gasteiger partial charge in [0.05, 0.1) is 0 Å². The van der Waals surface area contributed by atoms with E-state index in [9.17, 15) is 22.8 Å². The number of carbonyl (C=O) groups is 2. The number of aromatic nitrogens is 4. The molecule has 0 spiro atoms. The smallest absolute Gasteiger partial charge is 0.453 e. The first-order valence-electron chi connectivity index (χ1n) is 9.82. The molecule has 0 aliphatic rings. The number of fused-ring (bicyclic) bond motifs is 1. The van der Waals surface area contributed by atoms with Crippen LogP contribution in [-0.4, -0.2) is 37.6 Å². The van der Waals surface area contributed by atoms with Crippen LogP contribution in [0.1, 0.15) is 41.7 Å². The number of carbonyl (C=O) groups excluding carboxylic acids is 2. The second kappa shape index (κ2) is 8.93. The van der Waals surface area contributed by atoms with Crippen LogP contribution in [0, 0.1) is 20.8 Å². The van der Waals surface area contributed by atoms with Crippen molar-refractivity contribution in [2.24, 2.45) is 0 Å². The summed E-state index contributed by atoms with van der Waals surface area (Å²) in [7, 11) is 0. The minimum atomic E-state index is -4.69. The average molecular weight is 449 g/mol. The Balaban J connectivity index is 1.64. The van der Waals surface area contributed by atoms with E-state index in [-0.39, 0.29) is 18.6 Å². The molecule has 0 saturated carbocycles. The number of ether oxygens (including phenoxy) is 1. The van der Waals surface area contributed by atoms with Crippen molar-refractivity contribution >= 4 is 23.3 Å². The number of amides is 1. The number of nitrogens with one attached hydrogen (secondary N) is 1. The van der Waals surface area contributed by atoms with E-state index in [1.807, 2.05) is 13.0 Å². The number of esters is 1. The molecule has 0 aliphatic heterocycles. The standard InChI is InChI=1S/C21H22F3N5O3/c1-11-6-5-7-15(10-11)26-18(31)14(4)32-17(30)9-8-16-12(2)25-20-27-19(21(22,23)24)28-29(20)13(16)3/h5-7,10,14H,8-9H2,1-4H3,(H,26,31). The van der Waals surface area contributed by atoms with Gasteiger partial charge in [-0.3, -0.25) is 9.59 Å². The zero-order valence-electron chi connectivity index (χ0n) is 17.9. The Kier molecular flexibility index (Phi) is 6.47. The minimum Gasteiger partial charge on any atom is -0.453 e. The van der Waals surface area contributed by atoms with Gasteiger partial charge in [0.15, 0.2) is 6.10 Å². The predicted octanol–water partition coefficient (Wildman–Crippen LogP) is 3.57. The van der Waals surface area contributed by atoms with Crippen LogP contribution in [0.3, 0.4) is 0 Å². The maximum Gasteiger partial charge on any atom is 0.453 e. The molecule has 0 aliphatic carbocycles. The van der Waals surface area contributed by atoms with Crippen LogP contribution in [-0.2, 0) is 26.9 Å². The molecule has 3 rings (SSSR count). The Hall–Kier alpha value is -3.50. The number of hydrogen-bond acceptors (Lipinski definition) is 6. The highest BCUT2D eigenvalue weighted by atomic mass is 19.4. The van der Waals surface area contributed by atoms with Crippen LogP contribution in [0.4, 0.5) is 18.9 Å². The summed E-state index contributed by atoms with van der Waals surface area (Å²) in [5, 5.41) is 6.16. The van der Waals surface area contributed by atoms with Crippen molar-refractivity contribution in [2.75, 3.05) is 5.32 Å². The van der Waals surface area contributed by atoms with E-state index in [4.69, 9.17) is 4.74 Å². The highest BCUT2D eigenvalue weighted by Crippen LogP contribution is 2.27. The average Bonchev–Trinajstić information content (AvgIpc) is 3.12. The third kappa shape index (κ3) is 5.21. The van der Waals surface area contributed by atoms with Gasteiger partial charge in [0, 0.05) is 23.5 Å². The van der Waals surface area contributed by atoms with Crippen LogP contribution in [0.5, 0.6) is 0 Å². The van der Waals surface area contributed by atoms with Crippen LogP contribution in [0.2, 0.25) is 0 Å². The number of alkyl halides is 3. The van der Waals surface area contributed by atoms with E-state index in [2.05, 4.69) is 20.4 Å². The molecule has 1 atom stereocenters. The second-order valence-electron chi connectivity index (χ2n) is 7.40. The molecule has 0 radical (unpaired) electrons. The number of rotatable bonds is 6. The first-order chi connectivity index (χ1) is 15.0. The minimum absolute atomic E-state index is 0.0856. The van der Waals surface area contributed by atoms with Crippen molar-refractivity contribution in [1.29, 1.82) is 0 Å². The number of anilines is 1. The summed E-state index contributed by atoms with van der Waals surface area (Å²) >= 11 is 0. The normalized spacial score (nSPS) is 12.6. The molecule has 1 amide bonds. The monoisotopic (exact) mass is 449 g/mol. The van der Waals surface area contributed by atoms with Gasteiger partial charge in [-0.05, 0) is 57.4 Å². The van der Waals surface area contributed by atoms with Gasteiger partial charge in [0.25, 0.3) is 17.5 Å². The van der Waals surface area contributed by atoms with Crippen LogP contribution in [0.25, 0.3) is 5.78 Å². The maximum absolute atomic E-state index is 12.9. The summed E-state index contributed by atoms with van der Waals surface area (Å²) < 4.78 is 44.9. The van der Waals surface area contributed by atoms with Gasteiger partial charge in [0.2, 0.25) is 0 Å². The molecule has 2 heterocycles. The zero-order chi connectivity index (χ0) is 23.6. The molecule has 0 fully saturated rings. The maximum atomic E-state index is 12.9. The van der Waals surface area contributed by atoms with Crippen molar-refractivity contribution in [3.05, 3.63) is 52.6 Å². The summed E-state index contributed by atoms with van der Waals surface area (Å²) in [6.07, 6.45) is -5.63. The number of nitrogens with zero attached hydrogens (tertiary/aromatic N) is 4. The van der Waals surface area contributed by atoms with Gasteiger partial charge in [-0.15, -0.1) is 5.10 Å². The molecule has 32 heavy (non-hydrogen) atoms. The Morgan fingerprint density at radius 2 is 1.91 bits per heavy atom. The quantitative estimate of drug-likeness (QED) is 0.578. The Morgan fingerprint density at radius 1 is 1.19 bits per heavy atom. The van der Waals surface area contributed by atoms with E-state index in [0.29, 0.717) is 22.6 Å². The summed E-state index contributed by atoms with van der Waals surface area (Å²) in [6, 6.07) is 7.19. The SMILES string of the molecule is Cc1cccc(NC(=O)C(C)OC(=O)CCc2c(C)nc3nc(C(F)(F)F)nn3c2C)c1. The van der Waals surface area contributed by atoms with E-state index in [0.717, 1.165) is 10.1 Å². The molecule has 1 aromatic carbocycles. The Morgan fingerprint density at radius 3 is 2.56 bits per heavy atom. The van der Waals surface area contributed by atoms with Crippen molar-refractivity contribution in [1.82, 2.24) is 19.6 Å². The molecule has 8 nitrogen and oxygen atoms in total. The van der Waals surface area contributed by atoms with Crippen LogP contribution >= 0.6 is 0 Å². The number of aryl methyl sites for hydroxylation is 3. The summed E-state index contributed by atoms with van der Waals surface area (Å²) in [6.45, 7) is 6.54. The van der Waals surface area contributed by atoms with E-state index >= 15 is 0 Å². The van der Waals surface area contributed by atoms with Gasteiger partial charge < -0.3 is 10.1 Å². The zero-order valence-corrected chi connectivity index (χ0v) is 17.9. The topological polar surface area (TPSA) is 98.5 Å². The van der Waals surface area contributed by atoms with Crippen molar-refractivity contribution in [3.8, 4) is 0 Å². The molecule has 2 aromatic heterocycles. The van der Waals surface area contributed by atoms with Crippen LogP contribution < -0.4 is 5.32 Å². The molecule has 170 valence electrons. The molecule has 1 N–H and O–H groups in total. The molecule has 1 unspecified atom stereocenters. The second-order valence-corrected chi connectivity index (χ2v) is 7.40. The first-order valence-corrected chi connectivity index (χ1v) is 9.82. The van der Waals surface area contributed by atoms with E-state index in [1.165, 1.54) is 6.92 Å². The van der Waals surface area contributed by atoms with E-state index in [1.54, 1.807) is 32.0 Å². The predicted molar refractivity (Wildman–Crippen MR) is 109 cm³/mol. The van der Waals surface area contributed by atoms with Gasteiger partial charge in [-0.2, -0.15) is 18.2 Å². The number of benzene rings is 1. The lowest BCUT2D eigenvalue weighted by molar-refractivity contribution is -0.153. The highest BCUT2D eigenvalue weighted by Gasteiger charge is 2.37. The van der Waals surface area contributed by atoms with Crippen molar-refractivity contribution in [3.63, 3.8) is 0 Å². The summed E-state index contributed by atoms with van der Waals surface area (Å²) in [4.78, 5) is 32.0. The molecular formula is C21H22F3N5O3. The van der Waals surface area contributed by atoms with E-state index < -0.39 is 30.0 Å². The third-order valence-corrected chi connectivity index (χ3v) is 4.84. The highest BCUT2D eigenvalue weighted by molar-refractivity contribution is 5.95. The lowest BCUT2D eigenvalue weighted by Crippen LogP contribution is -2.30. The Labute approximate surface area is 181 Å². The number of hydrogen-bond donors (Lipinski definition) is 1. The number of halogens is 3. The van der Waals surface area contributed by atoms with Gasteiger partial charge in [-0.25, -0.2) is 9.50 Å². The van der Waals surface area contributed by atoms with Crippen LogP contribution in [0.15, 0.2) is 24.3 Å². The lowest BCUT2D eigenvalue weighted by atomic mass is 10.1. The fourth-order valence-electron chi connectivity index (χ4n) is 3.19. The molecule has 0 saturated heterocycles. The summed E-state index contributed by atoms with van der Waals surface area (Å²) in [5.41, 5.74) is 2.96. The van der Waals surface area contributed by atoms with Gasteiger partial charge in [0.1, 0.15) is 0 Å².